The molecule has 9 atom stereocenters. The molecule has 0 spiro atoms. The molecule has 0 heterocycles. The lowest BCUT2D eigenvalue weighted by atomic mass is 9.43. The second-order valence-electron chi connectivity index (χ2n) is 10.1. The lowest BCUT2D eigenvalue weighted by molar-refractivity contribution is -0.213. The molecule has 0 radical (unpaired) electrons. The van der Waals surface area contributed by atoms with Crippen LogP contribution >= 0.6 is 0 Å². The molecule has 0 amide bonds. The Morgan fingerprint density at radius 1 is 0.958 bits per heavy atom. The van der Waals surface area contributed by atoms with E-state index in [1.54, 1.807) is 5.57 Å². The van der Waals surface area contributed by atoms with Crippen LogP contribution in [-0.2, 0) is 0 Å². The Morgan fingerprint density at radius 3 is 2.42 bits per heavy atom. The number of hydrogen-bond donors (Lipinski definition) is 2. The first kappa shape index (κ1) is 17.1. The Balaban J connectivity index is 1.73. The van der Waals surface area contributed by atoms with Gasteiger partial charge in [0.1, 0.15) is 0 Å². The van der Waals surface area contributed by atoms with E-state index in [2.05, 4.69) is 33.8 Å². The van der Waals surface area contributed by atoms with E-state index in [9.17, 15) is 10.2 Å². The fourth-order valence-electron chi connectivity index (χ4n) is 7.78. The molecule has 2 heteroatoms. The number of allylic oxidation sites excluding steroid dienone is 2. The van der Waals surface area contributed by atoms with Crippen molar-refractivity contribution >= 4 is 0 Å². The van der Waals surface area contributed by atoms with Gasteiger partial charge >= 0.3 is 0 Å². The molecule has 4 rings (SSSR count). The van der Waals surface area contributed by atoms with Crippen molar-refractivity contribution in [2.75, 3.05) is 0 Å². The second-order valence-corrected chi connectivity index (χ2v) is 10.1. The fourth-order valence-corrected chi connectivity index (χ4v) is 7.78. The highest BCUT2D eigenvalue weighted by molar-refractivity contribution is 5.25. The molecule has 24 heavy (non-hydrogen) atoms. The van der Waals surface area contributed by atoms with Crippen LogP contribution in [0.4, 0.5) is 0 Å². The predicted octanol–water partition coefficient (Wildman–Crippen LogP) is 4.55. The maximum Gasteiger partial charge on any atom is 0.0835 e. The minimum Gasteiger partial charge on any atom is -0.390 e. The van der Waals surface area contributed by atoms with Gasteiger partial charge in [-0.05, 0) is 85.9 Å². The van der Waals surface area contributed by atoms with E-state index in [-0.39, 0.29) is 10.8 Å². The zero-order chi connectivity index (χ0) is 17.3. The molecule has 0 saturated heterocycles. The highest BCUT2D eigenvalue weighted by Gasteiger charge is 2.63. The van der Waals surface area contributed by atoms with Crippen molar-refractivity contribution in [2.24, 2.45) is 40.4 Å². The van der Waals surface area contributed by atoms with Gasteiger partial charge in [-0.3, -0.25) is 0 Å². The average Bonchev–Trinajstić information content (AvgIpc) is 2.90. The van der Waals surface area contributed by atoms with Crippen molar-refractivity contribution in [2.45, 2.75) is 84.8 Å². The van der Waals surface area contributed by atoms with Crippen LogP contribution in [0.1, 0.15) is 72.6 Å². The highest BCUT2D eigenvalue weighted by Crippen LogP contribution is 2.67. The molecule has 0 bridgehead atoms. The van der Waals surface area contributed by atoms with Gasteiger partial charge in [-0.15, -0.1) is 0 Å². The summed E-state index contributed by atoms with van der Waals surface area (Å²) in [7, 11) is 0. The molecular formula is C22H36O2. The molecule has 2 nitrogen and oxygen atoms in total. The summed E-state index contributed by atoms with van der Waals surface area (Å²) in [4.78, 5) is 0. The summed E-state index contributed by atoms with van der Waals surface area (Å²) < 4.78 is 0. The van der Waals surface area contributed by atoms with Crippen molar-refractivity contribution in [1.29, 1.82) is 0 Å². The van der Waals surface area contributed by atoms with Gasteiger partial charge in [0.25, 0.3) is 0 Å². The number of aliphatic hydroxyl groups excluding tert-OH is 2. The number of fused-ring (bicyclic) bond motifs is 5. The van der Waals surface area contributed by atoms with Gasteiger partial charge in [-0.25, -0.2) is 0 Å². The smallest absolute Gasteiger partial charge is 0.0835 e. The van der Waals surface area contributed by atoms with Crippen LogP contribution in [-0.4, -0.2) is 22.4 Å². The topological polar surface area (TPSA) is 40.5 Å². The maximum atomic E-state index is 11.2. The molecule has 0 aromatic heterocycles. The van der Waals surface area contributed by atoms with Crippen LogP contribution in [0.5, 0.6) is 0 Å². The lowest BCUT2D eigenvalue weighted by Gasteiger charge is -2.63. The van der Waals surface area contributed by atoms with Gasteiger partial charge in [0.05, 0.1) is 12.2 Å². The predicted molar refractivity (Wildman–Crippen MR) is 97.4 cm³/mol. The quantitative estimate of drug-likeness (QED) is 0.639. The molecule has 4 saturated carbocycles. The average molecular weight is 333 g/mol. The molecule has 4 aliphatic rings. The van der Waals surface area contributed by atoms with E-state index >= 15 is 0 Å². The van der Waals surface area contributed by atoms with Crippen molar-refractivity contribution in [3.8, 4) is 0 Å². The van der Waals surface area contributed by atoms with Crippen LogP contribution < -0.4 is 0 Å². The third kappa shape index (κ3) is 2.08. The molecule has 4 fully saturated rings. The van der Waals surface area contributed by atoms with E-state index in [0.29, 0.717) is 29.6 Å². The minimum atomic E-state index is -0.518. The summed E-state index contributed by atoms with van der Waals surface area (Å²) >= 11 is 0. The monoisotopic (exact) mass is 332 g/mol. The Kier molecular flexibility index (Phi) is 3.97. The first-order chi connectivity index (χ1) is 11.3. The maximum absolute atomic E-state index is 11.2. The first-order valence-corrected chi connectivity index (χ1v) is 10.3. The molecule has 4 aliphatic carbocycles. The van der Waals surface area contributed by atoms with Gasteiger partial charge in [0.2, 0.25) is 0 Å². The van der Waals surface area contributed by atoms with Crippen molar-refractivity contribution in [1.82, 2.24) is 0 Å². The zero-order valence-corrected chi connectivity index (χ0v) is 16.0. The molecule has 136 valence electrons. The molecule has 2 N–H and O–H groups in total. The van der Waals surface area contributed by atoms with E-state index in [1.165, 1.54) is 38.5 Å². The summed E-state index contributed by atoms with van der Waals surface area (Å²) in [6.07, 6.45) is 9.84. The summed E-state index contributed by atoms with van der Waals surface area (Å²) in [6, 6.07) is 0. The summed E-state index contributed by atoms with van der Waals surface area (Å²) in [5.74, 6) is 2.44. The second kappa shape index (κ2) is 5.58. The standard InChI is InChI=1S/C22H36O2/c1-5-14-6-7-15-18-16(9-11-21(14,15)3)22(4)10-8-13(2)12-17(22)19(23)20(18)24/h5,13,15-20,23-24H,6-12H2,1-4H3/b14-5-/t13-,15?,16?,17?,18?,19-,20-,21-,22?/m1/s1. The van der Waals surface area contributed by atoms with Crippen LogP contribution in [0.3, 0.4) is 0 Å². The third-order valence-electron chi connectivity index (χ3n) is 9.21. The van der Waals surface area contributed by atoms with Crippen LogP contribution in [0.25, 0.3) is 0 Å². The van der Waals surface area contributed by atoms with Crippen molar-refractivity contribution < 1.29 is 10.2 Å². The summed E-state index contributed by atoms with van der Waals surface area (Å²) in [5, 5.41) is 22.2. The third-order valence-corrected chi connectivity index (χ3v) is 9.21. The van der Waals surface area contributed by atoms with E-state index < -0.39 is 12.2 Å². The SMILES string of the molecule is C/C=C1/CCC2C3C(CC[C@]12C)C1(C)CC[C@@H](C)CC1[C@@H](O)[C@@H]3O. The number of hydrogen-bond acceptors (Lipinski definition) is 2. The van der Waals surface area contributed by atoms with Crippen LogP contribution in [0, 0.1) is 40.4 Å². The largest absolute Gasteiger partial charge is 0.390 e. The zero-order valence-electron chi connectivity index (χ0n) is 16.0. The minimum absolute atomic E-state index is 0.232. The molecule has 0 aromatic carbocycles. The normalized spacial score (nSPS) is 58.9. The Hall–Kier alpha value is -0.340. The Morgan fingerprint density at radius 2 is 1.71 bits per heavy atom. The van der Waals surface area contributed by atoms with Crippen LogP contribution in [0.15, 0.2) is 11.6 Å². The van der Waals surface area contributed by atoms with E-state index in [1.807, 2.05) is 0 Å². The summed E-state index contributed by atoms with van der Waals surface area (Å²) in [6.45, 7) is 9.39. The lowest BCUT2D eigenvalue weighted by Crippen LogP contribution is -2.63. The molecule has 0 aromatic rings. The van der Waals surface area contributed by atoms with E-state index in [4.69, 9.17) is 0 Å². The first-order valence-electron chi connectivity index (χ1n) is 10.3. The summed E-state index contributed by atoms with van der Waals surface area (Å²) in [5.41, 5.74) is 2.11. The highest BCUT2D eigenvalue weighted by atomic mass is 16.3. The Labute approximate surface area is 147 Å². The van der Waals surface area contributed by atoms with Crippen LogP contribution in [0.2, 0.25) is 0 Å². The van der Waals surface area contributed by atoms with E-state index in [0.717, 1.165) is 6.42 Å². The number of rotatable bonds is 0. The van der Waals surface area contributed by atoms with Gasteiger partial charge in [0, 0.05) is 0 Å². The van der Waals surface area contributed by atoms with Gasteiger partial charge < -0.3 is 10.2 Å². The number of aliphatic hydroxyl groups is 2. The Bertz CT molecular complexity index is 540. The molecule has 5 unspecified atom stereocenters. The fraction of sp³-hybridized carbons (Fsp3) is 0.909. The van der Waals surface area contributed by atoms with Gasteiger partial charge in [-0.2, -0.15) is 0 Å². The molecule has 0 aliphatic heterocycles. The molecular weight excluding hydrogens is 296 g/mol. The van der Waals surface area contributed by atoms with Crippen molar-refractivity contribution in [3.63, 3.8) is 0 Å². The van der Waals surface area contributed by atoms with Gasteiger partial charge in [-0.1, -0.05) is 38.8 Å². The van der Waals surface area contributed by atoms with Gasteiger partial charge in [0.15, 0.2) is 0 Å². The van der Waals surface area contributed by atoms with Crippen molar-refractivity contribution in [3.05, 3.63) is 11.6 Å².